The molecule has 1 aliphatic heterocycles. The average molecular weight is 395 g/mol. The van der Waals surface area contributed by atoms with Crippen molar-refractivity contribution < 1.29 is 9.84 Å². The van der Waals surface area contributed by atoms with Crippen LogP contribution in [-0.2, 0) is 10.2 Å². The highest BCUT2D eigenvalue weighted by atomic mass is 79.9. The van der Waals surface area contributed by atoms with E-state index in [1.54, 1.807) is 0 Å². The van der Waals surface area contributed by atoms with Crippen molar-refractivity contribution in [3.05, 3.63) is 22.4 Å². The topological polar surface area (TPSA) is 71.7 Å². The first kappa shape index (κ1) is 16.3. The molecule has 6 nitrogen and oxygen atoms in total. The third-order valence-electron chi connectivity index (χ3n) is 5.64. The lowest BCUT2D eigenvalue weighted by Crippen LogP contribution is -2.42. The Labute approximate surface area is 149 Å². The molecule has 24 heavy (non-hydrogen) atoms. The molecule has 2 N–H and O–H groups in total. The molecule has 2 aliphatic rings. The molecule has 1 saturated heterocycles. The van der Waals surface area contributed by atoms with Crippen molar-refractivity contribution in [1.82, 2.24) is 14.6 Å². The number of hydrogen-bond acceptors (Lipinski definition) is 5. The van der Waals surface area contributed by atoms with Crippen molar-refractivity contribution >= 4 is 27.4 Å². The fourth-order valence-electron chi connectivity index (χ4n) is 3.85. The van der Waals surface area contributed by atoms with Gasteiger partial charge in [0, 0.05) is 16.5 Å². The van der Waals surface area contributed by atoms with Crippen LogP contribution in [-0.4, -0.2) is 45.1 Å². The van der Waals surface area contributed by atoms with Gasteiger partial charge in [0.2, 0.25) is 5.95 Å². The zero-order valence-corrected chi connectivity index (χ0v) is 15.4. The number of aromatic nitrogens is 3. The first-order valence-corrected chi connectivity index (χ1v) is 9.49. The van der Waals surface area contributed by atoms with E-state index < -0.39 is 6.10 Å². The van der Waals surface area contributed by atoms with Gasteiger partial charge in [0.15, 0.2) is 0 Å². The summed E-state index contributed by atoms with van der Waals surface area (Å²) in [6.07, 6.45) is 6.91. The predicted molar refractivity (Wildman–Crippen MR) is 95.4 cm³/mol. The molecule has 0 spiro atoms. The standard InChI is InChI=1S/C17H23BrN4O2/c1-2-17(5-3-6-17)15-8-11(18)13-9-19-16(21-22(13)15)20-12-4-7-24-10-14(12)23/h8-9,12,14,23H,2-7,10H2,1H3,(H,20,21)/t12-,14-/m1/s1. The van der Waals surface area contributed by atoms with E-state index in [9.17, 15) is 5.11 Å². The number of anilines is 1. The van der Waals surface area contributed by atoms with E-state index in [-0.39, 0.29) is 11.5 Å². The van der Waals surface area contributed by atoms with Gasteiger partial charge in [0.05, 0.1) is 36.2 Å². The Bertz CT molecular complexity index is 738. The lowest BCUT2D eigenvalue weighted by Gasteiger charge is -2.40. The maximum atomic E-state index is 10.1. The van der Waals surface area contributed by atoms with Crippen LogP contribution in [0.15, 0.2) is 16.7 Å². The number of halogens is 1. The first-order chi connectivity index (χ1) is 11.6. The molecule has 2 aromatic heterocycles. The van der Waals surface area contributed by atoms with E-state index in [1.807, 2.05) is 10.7 Å². The van der Waals surface area contributed by atoms with Crippen LogP contribution in [0.2, 0.25) is 0 Å². The van der Waals surface area contributed by atoms with Crippen molar-refractivity contribution in [3.63, 3.8) is 0 Å². The highest BCUT2D eigenvalue weighted by molar-refractivity contribution is 9.10. The van der Waals surface area contributed by atoms with E-state index in [1.165, 1.54) is 25.0 Å². The summed E-state index contributed by atoms with van der Waals surface area (Å²) in [5, 5.41) is 18.1. The third kappa shape index (κ3) is 2.62. The molecule has 0 bridgehead atoms. The van der Waals surface area contributed by atoms with Crippen molar-refractivity contribution in [2.24, 2.45) is 0 Å². The van der Waals surface area contributed by atoms with E-state index in [0.717, 1.165) is 22.8 Å². The van der Waals surface area contributed by atoms with Crippen LogP contribution in [0.5, 0.6) is 0 Å². The molecule has 130 valence electrons. The largest absolute Gasteiger partial charge is 0.389 e. The van der Waals surface area contributed by atoms with Gasteiger partial charge in [-0.25, -0.2) is 9.50 Å². The minimum Gasteiger partial charge on any atom is -0.389 e. The predicted octanol–water partition coefficient (Wildman–Crippen LogP) is 2.89. The average Bonchev–Trinajstić information content (AvgIpc) is 2.86. The summed E-state index contributed by atoms with van der Waals surface area (Å²) >= 11 is 3.65. The fraction of sp³-hybridized carbons (Fsp3) is 0.647. The molecule has 2 aromatic rings. The SMILES string of the molecule is CCC1(c2cc(Br)c3cnc(N[C@@H]4CCOC[C@H]4O)nn23)CCC1. The van der Waals surface area contributed by atoms with Crippen molar-refractivity contribution in [2.45, 2.75) is 56.6 Å². The van der Waals surface area contributed by atoms with Crippen LogP contribution in [0.3, 0.4) is 0 Å². The number of ether oxygens (including phenoxy) is 1. The molecule has 4 rings (SSSR count). The van der Waals surface area contributed by atoms with Gasteiger partial charge in [-0.15, -0.1) is 5.10 Å². The number of fused-ring (bicyclic) bond motifs is 1. The first-order valence-electron chi connectivity index (χ1n) is 8.70. The van der Waals surface area contributed by atoms with E-state index in [4.69, 9.17) is 9.84 Å². The summed E-state index contributed by atoms with van der Waals surface area (Å²) in [6.45, 7) is 3.26. The van der Waals surface area contributed by atoms with Crippen LogP contribution >= 0.6 is 15.9 Å². The Morgan fingerprint density at radius 2 is 2.33 bits per heavy atom. The molecule has 7 heteroatoms. The lowest BCUT2D eigenvalue weighted by molar-refractivity contribution is -0.0136. The van der Waals surface area contributed by atoms with Gasteiger partial charge in [-0.2, -0.15) is 0 Å². The van der Waals surface area contributed by atoms with Gasteiger partial charge >= 0.3 is 0 Å². The highest BCUT2D eigenvalue weighted by Gasteiger charge is 2.40. The Kier molecular flexibility index (Phi) is 4.26. The molecule has 0 unspecified atom stereocenters. The van der Waals surface area contributed by atoms with E-state index in [2.05, 4.69) is 39.2 Å². The number of nitrogens with one attached hydrogen (secondary N) is 1. The smallest absolute Gasteiger partial charge is 0.241 e. The Balaban J connectivity index is 1.69. The maximum Gasteiger partial charge on any atom is 0.241 e. The Morgan fingerprint density at radius 3 is 3.00 bits per heavy atom. The van der Waals surface area contributed by atoms with E-state index in [0.29, 0.717) is 19.2 Å². The van der Waals surface area contributed by atoms with Gasteiger partial charge in [-0.05, 0) is 47.7 Å². The van der Waals surface area contributed by atoms with Gasteiger partial charge in [-0.3, -0.25) is 0 Å². The zero-order chi connectivity index (χ0) is 16.7. The van der Waals surface area contributed by atoms with Crippen molar-refractivity contribution in [1.29, 1.82) is 0 Å². The molecular formula is C17H23BrN4O2. The third-order valence-corrected chi connectivity index (χ3v) is 6.28. The highest BCUT2D eigenvalue weighted by Crippen LogP contribution is 2.47. The molecule has 1 saturated carbocycles. The number of hydrogen-bond donors (Lipinski definition) is 2. The number of aliphatic hydroxyl groups excluding tert-OH is 1. The molecule has 2 atom stereocenters. The minimum atomic E-state index is -0.525. The Hall–Kier alpha value is -1.18. The fourth-order valence-corrected chi connectivity index (χ4v) is 4.34. The van der Waals surface area contributed by atoms with Crippen LogP contribution in [0.4, 0.5) is 5.95 Å². The summed E-state index contributed by atoms with van der Waals surface area (Å²) in [4.78, 5) is 4.44. The minimum absolute atomic E-state index is 0.0671. The van der Waals surface area contributed by atoms with E-state index >= 15 is 0 Å². The molecule has 1 aliphatic carbocycles. The number of nitrogens with zero attached hydrogens (tertiary/aromatic N) is 3. The second-order valence-electron chi connectivity index (χ2n) is 6.93. The van der Waals surface area contributed by atoms with Crippen LogP contribution < -0.4 is 5.32 Å². The van der Waals surface area contributed by atoms with Gasteiger partial charge in [0.1, 0.15) is 0 Å². The summed E-state index contributed by atoms with van der Waals surface area (Å²) in [7, 11) is 0. The Morgan fingerprint density at radius 1 is 1.50 bits per heavy atom. The van der Waals surface area contributed by atoms with Crippen LogP contribution in [0, 0.1) is 0 Å². The van der Waals surface area contributed by atoms with Gasteiger partial charge in [-0.1, -0.05) is 13.3 Å². The summed E-state index contributed by atoms with van der Waals surface area (Å²) in [5.41, 5.74) is 2.48. The van der Waals surface area contributed by atoms with Crippen LogP contribution in [0.25, 0.3) is 5.52 Å². The van der Waals surface area contributed by atoms with Crippen molar-refractivity contribution in [3.8, 4) is 0 Å². The number of aliphatic hydroxyl groups is 1. The summed E-state index contributed by atoms with van der Waals surface area (Å²) in [5.74, 6) is 0.559. The van der Waals surface area contributed by atoms with Crippen molar-refractivity contribution in [2.75, 3.05) is 18.5 Å². The monoisotopic (exact) mass is 394 g/mol. The second kappa shape index (κ2) is 6.28. The normalized spacial score (nSPS) is 26.3. The molecule has 0 amide bonds. The molecule has 2 fully saturated rings. The molecule has 3 heterocycles. The van der Waals surface area contributed by atoms with Gasteiger partial charge < -0.3 is 15.2 Å². The summed E-state index contributed by atoms with van der Waals surface area (Å²) in [6, 6.07) is 2.13. The lowest BCUT2D eigenvalue weighted by atomic mass is 9.65. The van der Waals surface area contributed by atoms with Gasteiger partial charge in [0.25, 0.3) is 0 Å². The summed E-state index contributed by atoms with van der Waals surface area (Å²) < 4.78 is 8.34. The number of rotatable bonds is 4. The van der Waals surface area contributed by atoms with Crippen LogP contribution in [0.1, 0.15) is 44.7 Å². The maximum absolute atomic E-state index is 10.1. The zero-order valence-electron chi connectivity index (χ0n) is 13.8. The second-order valence-corrected chi connectivity index (χ2v) is 7.78. The molecule has 0 radical (unpaired) electrons. The molecule has 0 aromatic carbocycles. The quantitative estimate of drug-likeness (QED) is 0.833. The molecular weight excluding hydrogens is 372 g/mol.